The van der Waals surface area contributed by atoms with Gasteiger partial charge >= 0.3 is 0 Å². The molecule has 0 unspecified atom stereocenters. The molecular weight excluding hydrogens is 214 g/mol. The third-order valence-electron chi connectivity index (χ3n) is 1.83. The number of thiazole rings is 1. The molecule has 0 saturated carbocycles. The number of nitrogens with two attached hydrogens (primary N) is 1. The average molecular weight is 221 g/mol. The number of anilines is 1. The maximum atomic E-state index is 10.6. The molecule has 5 nitrogen and oxygen atoms in total. The van der Waals surface area contributed by atoms with E-state index in [1.807, 2.05) is 5.38 Å². The number of nitrogens with zero attached hydrogens (tertiary/aromatic N) is 2. The van der Waals surface area contributed by atoms with Crippen molar-refractivity contribution in [2.24, 2.45) is 0 Å². The monoisotopic (exact) mass is 221 g/mol. The highest BCUT2D eigenvalue weighted by Crippen LogP contribution is 2.28. The lowest BCUT2D eigenvalue weighted by atomic mass is 10.2. The van der Waals surface area contributed by atoms with Crippen LogP contribution < -0.4 is 5.73 Å². The molecule has 0 atom stereocenters. The number of aromatic nitrogens is 1. The number of nitro groups is 1. The molecule has 15 heavy (non-hydrogen) atoms. The molecule has 0 saturated heterocycles. The van der Waals surface area contributed by atoms with Crippen molar-refractivity contribution in [3.05, 3.63) is 39.9 Å². The van der Waals surface area contributed by atoms with Crippen LogP contribution in [0.1, 0.15) is 0 Å². The Morgan fingerprint density at radius 2 is 2.20 bits per heavy atom. The van der Waals surface area contributed by atoms with Crippen LogP contribution in [0.5, 0.6) is 0 Å². The minimum Gasteiger partial charge on any atom is -0.399 e. The zero-order chi connectivity index (χ0) is 10.8. The molecule has 1 aromatic heterocycles. The van der Waals surface area contributed by atoms with Crippen molar-refractivity contribution in [2.45, 2.75) is 0 Å². The smallest absolute Gasteiger partial charge is 0.272 e. The van der Waals surface area contributed by atoms with E-state index in [4.69, 9.17) is 5.73 Å². The van der Waals surface area contributed by atoms with Crippen LogP contribution >= 0.6 is 11.3 Å². The van der Waals surface area contributed by atoms with Crippen molar-refractivity contribution < 1.29 is 4.92 Å². The Balaban J connectivity index is 2.54. The largest absolute Gasteiger partial charge is 0.399 e. The topological polar surface area (TPSA) is 82.0 Å². The molecule has 0 fully saturated rings. The third-order valence-corrected chi connectivity index (χ3v) is 2.65. The fourth-order valence-corrected chi connectivity index (χ4v) is 1.86. The van der Waals surface area contributed by atoms with E-state index in [2.05, 4.69) is 4.98 Å². The van der Waals surface area contributed by atoms with Gasteiger partial charge in [0.2, 0.25) is 0 Å². The van der Waals surface area contributed by atoms with Gasteiger partial charge in [-0.05, 0) is 6.07 Å². The van der Waals surface area contributed by atoms with Gasteiger partial charge in [0.15, 0.2) is 0 Å². The van der Waals surface area contributed by atoms with E-state index >= 15 is 0 Å². The van der Waals surface area contributed by atoms with Crippen LogP contribution in [0.2, 0.25) is 0 Å². The summed E-state index contributed by atoms with van der Waals surface area (Å²) < 4.78 is 0. The third kappa shape index (κ3) is 1.94. The molecule has 2 rings (SSSR count). The first-order chi connectivity index (χ1) is 7.16. The summed E-state index contributed by atoms with van der Waals surface area (Å²) in [5, 5.41) is 13.1. The maximum absolute atomic E-state index is 10.6. The highest BCUT2D eigenvalue weighted by Gasteiger charge is 2.10. The lowest BCUT2D eigenvalue weighted by molar-refractivity contribution is -0.384. The number of nitrogen functional groups attached to an aromatic ring is 1. The van der Waals surface area contributed by atoms with E-state index in [0.717, 1.165) is 5.01 Å². The van der Waals surface area contributed by atoms with Gasteiger partial charge in [0, 0.05) is 35.0 Å². The molecule has 0 spiro atoms. The minimum absolute atomic E-state index is 0.0137. The zero-order valence-electron chi connectivity index (χ0n) is 7.58. The number of nitro benzene ring substituents is 1. The lowest BCUT2D eigenvalue weighted by Gasteiger charge is -1.99. The molecule has 76 valence electrons. The van der Waals surface area contributed by atoms with E-state index in [1.165, 1.54) is 23.5 Å². The standard InChI is InChI=1S/C9H7N3O2S/c10-7-3-6(9-11-1-2-15-9)4-8(5-7)12(13)14/h1-5H,10H2. The van der Waals surface area contributed by atoms with E-state index < -0.39 is 4.92 Å². The van der Waals surface area contributed by atoms with Crippen LogP contribution in [-0.4, -0.2) is 9.91 Å². The summed E-state index contributed by atoms with van der Waals surface area (Å²) in [7, 11) is 0. The Kier molecular flexibility index (Phi) is 2.34. The van der Waals surface area contributed by atoms with Gasteiger partial charge in [-0.3, -0.25) is 10.1 Å². The van der Waals surface area contributed by atoms with Crippen LogP contribution in [0.15, 0.2) is 29.8 Å². The van der Waals surface area contributed by atoms with Crippen LogP contribution in [-0.2, 0) is 0 Å². The highest BCUT2D eigenvalue weighted by atomic mass is 32.1. The molecule has 0 aliphatic carbocycles. The molecule has 1 heterocycles. The van der Waals surface area contributed by atoms with Crippen LogP contribution in [0.3, 0.4) is 0 Å². The molecule has 0 bridgehead atoms. The molecule has 0 radical (unpaired) electrons. The predicted molar refractivity (Wildman–Crippen MR) is 58.6 cm³/mol. The first kappa shape index (κ1) is 9.60. The van der Waals surface area contributed by atoms with E-state index in [1.54, 1.807) is 12.3 Å². The SMILES string of the molecule is Nc1cc(-c2nccs2)cc([N+](=O)[O-])c1. The summed E-state index contributed by atoms with van der Waals surface area (Å²) in [6, 6.07) is 4.47. The zero-order valence-corrected chi connectivity index (χ0v) is 8.40. The molecule has 0 aliphatic heterocycles. The summed E-state index contributed by atoms with van der Waals surface area (Å²) in [5.41, 5.74) is 6.61. The normalized spacial score (nSPS) is 10.1. The lowest BCUT2D eigenvalue weighted by Crippen LogP contribution is -1.92. The van der Waals surface area contributed by atoms with Crippen LogP contribution in [0.25, 0.3) is 10.6 Å². The number of benzene rings is 1. The molecule has 0 aliphatic rings. The number of non-ortho nitro benzene ring substituents is 1. The molecular formula is C9H7N3O2S. The fraction of sp³-hybridized carbons (Fsp3) is 0. The van der Waals surface area contributed by atoms with Crippen molar-refractivity contribution in [1.82, 2.24) is 4.98 Å². The Hall–Kier alpha value is -1.95. The van der Waals surface area contributed by atoms with Gasteiger partial charge in [-0.15, -0.1) is 11.3 Å². The average Bonchev–Trinajstić information content (AvgIpc) is 2.69. The number of hydrogen-bond acceptors (Lipinski definition) is 5. The van der Waals surface area contributed by atoms with Crippen molar-refractivity contribution >= 4 is 22.7 Å². The van der Waals surface area contributed by atoms with Crippen LogP contribution in [0, 0.1) is 10.1 Å². The van der Waals surface area contributed by atoms with Gasteiger partial charge in [-0.1, -0.05) is 0 Å². The summed E-state index contributed by atoms with van der Waals surface area (Å²) in [6.07, 6.45) is 1.65. The van der Waals surface area contributed by atoms with Crippen molar-refractivity contribution in [3.63, 3.8) is 0 Å². The molecule has 6 heteroatoms. The first-order valence-electron chi connectivity index (χ1n) is 4.11. The van der Waals surface area contributed by atoms with Gasteiger partial charge in [0.05, 0.1) is 4.92 Å². The second-order valence-electron chi connectivity index (χ2n) is 2.91. The summed E-state index contributed by atoms with van der Waals surface area (Å²) in [4.78, 5) is 14.2. The Labute approximate surface area is 89.3 Å². The molecule has 2 aromatic rings. The van der Waals surface area contributed by atoms with E-state index in [9.17, 15) is 10.1 Å². The van der Waals surface area contributed by atoms with Crippen molar-refractivity contribution in [1.29, 1.82) is 0 Å². The van der Waals surface area contributed by atoms with Gasteiger partial charge in [-0.25, -0.2) is 4.98 Å². The van der Waals surface area contributed by atoms with E-state index in [0.29, 0.717) is 11.3 Å². The van der Waals surface area contributed by atoms with Gasteiger partial charge in [-0.2, -0.15) is 0 Å². The highest BCUT2D eigenvalue weighted by molar-refractivity contribution is 7.13. The number of hydrogen-bond donors (Lipinski definition) is 1. The van der Waals surface area contributed by atoms with Crippen molar-refractivity contribution in [2.75, 3.05) is 5.73 Å². The van der Waals surface area contributed by atoms with Gasteiger partial charge < -0.3 is 5.73 Å². The predicted octanol–water partition coefficient (Wildman–Crippen LogP) is 2.30. The van der Waals surface area contributed by atoms with Gasteiger partial charge in [0.25, 0.3) is 5.69 Å². The molecule has 1 aromatic carbocycles. The summed E-state index contributed by atoms with van der Waals surface area (Å²) in [6.45, 7) is 0. The Morgan fingerprint density at radius 3 is 2.80 bits per heavy atom. The minimum atomic E-state index is -0.465. The Morgan fingerprint density at radius 1 is 1.40 bits per heavy atom. The fourth-order valence-electron chi connectivity index (χ4n) is 1.23. The van der Waals surface area contributed by atoms with Gasteiger partial charge in [0.1, 0.15) is 5.01 Å². The molecule has 2 N–H and O–H groups in total. The Bertz CT molecular complexity index is 496. The number of rotatable bonds is 2. The van der Waals surface area contributed by atoms with E-state index in [-0.39, 0.29) is 5.69 Å². The van der Waals surface area contributed by atoms with Crippen molar-refractivity contribution in [3.8, 4) is 10.6 Å². The first-order valence-corrected chi connectivity index (χ1v) is 4.99. The summed E-state index contributed by atoms with van der Waals surface area (Å²) >= 11 is 1.42. The van der Waals surface area contributed by atoms with Crippen LogP contribution in [0.4, 0.5) is 11.4 Å². The maximum Gasteiger partial charge on any atom is 0.272 e. The second-order valence-corrected chi connectivity index (χ2v) is 3.80. The quantitative estimate of drug-likeness (QED) is 0.479. The second kappa shape index (κ2) is 3.66. The molecule has 0 amide bonds. The summed E-state index contributed by atoms with van der Waals surface area (Å²) in [5.74, 6) is 0.